The van der Waals surface area contributed by atoms with E-state index < -0.39 is 5.60 Å². The number of carbonyl (C=O) groups excluding carboxylic acids is 2. The first-order valence-corrected chi connectivity index (χ1v) is 10.3. The van der Waals surface area contributed by atoms with Gasteiger partial charge in [-0.3, -0.25) is 4.79 Å². The van der Waals surface area contributed by atoms with Crippen molar-refractivity contribution in [1.29, 1.82) is 0 Å². The number of aromatic nitrogens is 2. The molecular formula is C22H24N4O3. The van der Waals surface area contributed by atoms with Crippen molar-refractivity contribution in [1.82, 2.24) is 15.3 Å². The number of hydrogen-bond acceptors (Lipinski definition) is 5. The van der Waals surface area contributed by atoms with E-state index in [4.69, 9.17) is 4.74 Å². The van der Waals surface area contributed by atoms with Gasteiger partial charge in [0.2, 0.25) is 0 Å². The topological polar surface area (TPSA) is 93.2 Å². The fraction of sp³-hybridized carbons (Fsp3) is 0.455. The van der Waals surface area contributed by atoms with E-state index in [1.54, 1.807) is 6.07 Å². The molecule has 2 amide bonds. The third-order valence-corrected chi connectivity index (χ3v) is 5.93. The number of rotatable bonds is 5. The van der Waals surface area contributed by atoms with Gasteiger partial charge >= 0.3 is 6.09 Å². The molecule has 7 heteroatoms. The number of nitrogens with one attached hydrogen (secondary N) is 2. The first kappa shape index (κ1) is 18.1. The number of ether oxygens (including phenoxy) is 1. The molecule has 1 saturated heterocycles. The molecule has 7 nitrogen and oxygen atoms in total. The number of benzene rings is 1. The number of hydrogen-bond donors (Lipinski definition) is 2. The average Bonchev–Trinajstić information content (AvgIpc) is 3.60. The highest BCUT2D eigenvalue weighted by Crippen LogP contribution is 2.51. The van der Waals surface area contributed by atoms with Crippen LogP contribution in [0.5, 0.6) is 0 Å². The molecule has 5 rings (SSSR count). The molecule has 1 aromatic carbocycles. The van der Waals surface area contributed by atoms with Crippen molar-refractivity contribution >= 4 is 17.7 Å². The minimum atomic E-state index is -0.603. The molecular weight excluding hydrogens is 368 g/mol. The lowest BCUT2D eigenvalue weighted by Gasteiger charge is -2.38. The Labute approximate surface area is 169 Å². The van der Waals surface area contributed by atoms with Crippen molar-refractivity contribution in [2.75, 3.05) is 11.9 Å². The van der Waals surface area contributed by atoms with Gasteiger partial charge in [0.05, 0.1) is 0 Å². The molecule has 29 heavy (non-hydrogen) atoms. The molecule has 0 radical (unpaired) electrons. The monoisotopic (exact) mass is 392 g/mol. The smallest absolute Gasteiger partial charge is 0.408 e. The lowest BCUT2D eigenvalue weighted by molar-refractivity contribution is -0.0345. The van der Waals surface area contributed by atoms with Crippen LogP contribution in [-0.4, -0.2) is 28.5 Å². The molecule has 2 aromatic rings. The summed E-state index contributed by atoms with van der Waals surface area (Å²) in [4.78, 5) is 33.7. The Balaban J connectivity index is 1.40. The highest BCUT2D eigenvalue weighted by Gasteiger charge is 2.51. The van der Waals surface area contributed by atoms with Crippen LogP contribution in [0.3, 0.4) is 0 Å². The maximum Gasteiger partial charge on any atom is 0.408 e. The Morgan fingerprint density at radius 1 is 1.21 bits per heavy atom. The van der Waals surface area contributed by atoms with Gasteiger partial charge in [0, 0.05) is 36.2 Å². The number of carbonyl (C=O) groups is 2. The summed E-state index contributed by atoms with van der Waals surface area (Å²) in [5.41, 5.74) is 2.19. The van der Waals surface area contributed by atoms with E-state index in [0.717, 1.165) is 49.2 Å². The van der Waals surface area contributed by atoms with Gasteiger partial charge in [0.1, 0.15) is 17.1 Å². The molecule has 1 aromatic heterocycles. The summed E-state index contributed by atoms with van der Waals surface area (Å²) in [6.45, 7) is 2.48. The molecule has 3 fully saturated rings. The molecule has 2 aliphatic carbocycles. The molecule has 2 saturated carbocycles. The molecule has 3 aliphatic rings. The van der Waals surface area contributed by atoms with Crippen LogP contribution in [0, 0.1) is 12.8 Å². The summed E-state index contributed by atoms with van der Waals surface area (Å²) in [6, 6.07) is 9.36. The lowest BCUT2D eigenvalue weighted by atomic mass is 9.84. The van der Waals surface area contributed by atoms with Crippen molar-refractivity contribution in [2.45, 2.75) is 50.5 Å². The van der Waals surface area contributed by atoms with Gasteiger partial charge < -0.3 is 15.4 Å². The van der Waals surface area contributed by atoms with Crippen molar-refractivity contribution in [2.24, 2.45) is 5.92 Å². The van der Waals surface area contributed by atoms with Crippen molar-refractivity contribution in [3.63, 3.8) is 0 Å². The van der Waals surface area contributed by atoms with Gasteiger partial charge in [-0.1, -0.05) is 12.1 Å². The largest absolute Gasteiger partial charge is 0.438 e. The fourth-order valence-electron chi connectivity index (χ4n) is 4.17. The third kappa shape index (κ3) is 3.57. The van der Waals surface area contributed by atoms with Crippen LogP contribution in [0.15, 0.2) is 30.3 Å². The number of nitrogens with zero attached hydrogens (tertiary/aromatic N) is 2. The van der Waals surface area contributed by atoms with Gasteiger partial charge in [0.15, 0.2) is 0 Å². The van der Waals surface area contributed by atoms with Crippen LogP contribution in [0.1, 0.15) is 65.6 Å². The van der Waals surface area contributed by atoms with Gasteiger partial charge in [-0.2, -0.15) is 0 Å². The summed E-state index contributed by atoms with van der Waals surface area (Å²) in [5, 5.41) is 5.69. The van der Waals surface area contributed by atoms with Crippen LogP contribution in [0.25, 0.3) is 0 Å². The summed E-state index contributed by atoms with van der Waals surface area (Å²) >= 11 is 0. The molecule has 1 aliphatic heterocycles. The molecule has 0 bridgehead atoms. The van der Waals surface area contributed by atoms with Crippen LogP contribution >= 0.6 is 0 Å². The second kappa shape index (κ2) is 6.83. The minimum Gasteiger partial charge on any atom is -0.438 e. The lowest BCUT2D eigenvalue weighted by Crippen LogP contribution is -2.46. The summed E-state index contributed by atoms with van der Waals surface area (Å²) in [7, 11) is 0. The SMILES string of the molecule is Cc1cc(C(=O)Nc2cccc([C@]3(C4CC4)CCNC(=O)O3)c2)nc(C2CC2)n1. The molecule has 0 unspecified atom stereocenters. The second-order valence-corrected chi connectivity index (χ2v) is 8.29. The van der Waals surface area contributed by atoms with Crippen molar-refractivity contribution in [3.8, 4) is 0 Å². The number of anilines is 1. The minimum absolute atomic E-state index is 0.252. The van der Waals surface area contributed by atoms with Crippen molar-refractivity contribution < 1.29 is 14.3 Å². The van der Waals surface area contributed by atoms with E-state index in [1.807, 2.05) is 31.2 Å². The van der Waals surface area contributed by atoms with Gasteiger partial charge in [-0.05, 0) is 56.4 Å². The van der Waals surface area contributed by atoms with Gasteiger partial charge in [-0.25, -0.2) is 14.8 Å². The maximum absolute atomic E-state index is 12.8. The Morgan fingerprint density at radius 3 is 2.76 bits per heavy atom. The number of cyclic esters (lactones) is 1. The number of amides is 2. The van der Waals surface area contributed by atoms with Gasteiger partial charge in [0.25, 0.3) is 5.91 Å². The molecule has 2 heterocycles. The van der Waals surface area contributed by atoms with Crippen molar-refractivity contribution in [3.05, 3.63) is 53.1 Å². The van der Waals surface area contributed by atoms with E-state index in [1.165, 1.54) is 0 Å². The first-order chi connectivity index (χ1) is 14.0. The first-order valence-electron chi connectivity index (χ1n) is 10.3. The molecule has 150 valence electrons. The Kier molecular flexibility index (Phi) is 4.26. The van der Waals surface area contributed by atoms with E-state index in [-0.39, 0.29) is 12.0 Å². The van der Waals surface area contributed by atoms with E-state index >= 15 is 0 Å². The predicted molar refractivity (Wildman–Crippen MR) is 107 cm³/mol. The zero-order chi connectivity index (χ0) is 20.0. The average molecular weight is 392 g/mol. The highest BCUT2D eigenvalue weighted by molar-refractivity contribution is 6.03. The summed E-state index contributed by atoms with van der Waals surface area (Å²) < 4.78 is 5.81. The van der Waals surface area contributed by atoms with Gasteiger partial charge in [-0.15, -0.1) is 0 Å². The molecule has 0 spiro atoms. The van der Waals surface area contributed by atoms with Crippen LogP contribution < -0.4 is 10.6 Å². The van der Waals surface area contributed by atoms with Crippen LogP contribution in [0.4, 0.5) is 10.5 Å². The van der Waals surface area contributed by atoms with Crippen LogP contribution in [-0.2, 0) is 10.3 Å². The van der Waals surface area contributed by atoms with Crippen LogP contribution in [0.2, 0.25) is 0 Å². The molecule has 1 atom stereocenters. The zero-order valence-electron chi connectivity index (χ0n) is 16.4. The molecule has 2 N–H and O–H groups in total. The quantitative estimate of drug-likeness (QED) is 0.810. The number of aryl methyl sites for hydroxylation is 1. The Hall–Kier alpha value is -2.96. The summed E-state index contributed by atoms with van der Waals surface area (Å²) in [6.07, 6.45) is 4.63. The highest BCUT2D eigenvalue weighted by atomic mass is 16.6. The Morgan fingerprint density at radius 2 is 2.03 bits per heavy atom. The third-order valence-electron chi connectivity index (χ3n) is 5.93. The number of alkyl carbamates (subject to hydrolysis) is 1. The standard InChI is InChI=1S/C22H24N4O3/c1-13-11-18(26-19(24-13)14-5-6-14)20(27)25-17-4-2-3-16(12-17)22(15-7-8-15)9-10-23-21(28)29-22/h2-4,11-12,14-15H,5-10H2,1H3,(H,23,28)(H,25,27)/t22-/m1/s1. The predicted octanol–water partition coefficient (Wildman–Crippen LogP) is 3.65. The van der Waals surface area contributed by atoms with E-state index in [0.29, 0.717) is 29.8 Å². The fourth-order valence-corrected chi connectivity index (χ4v) is 4.17. The zero-order valence-corrected chi connectivity index (χ0v) is 16.4. The van der Waals surface area contributed by atoms with E-state index in [2.05, 4.69) is 20.6 Å². The summed E-state index contributed by atoms with van der Waals surface area (Å²) in [5.74, 6) is 1.23. The second-order valence-electron chi connectivity index (χ2n) is 8.29. The van der Waals surface area contributed by atoms with E-state index in [9.17, 15) is 9.59 Å². The maximum atomic E-state index is 12.8. The normalized spacial score (nSPS) is 23.8. The Bertz CT molecular complexity index is 984.